The van der Waals surface area contributed by atoms with E-state index in [9.17, 15) is 47.2 Å². The normalized spacial score (nSPS) is 12.9. The van der Waals surface area contributed by atoms with Crippen LogP contribution in [0.2, 0.25) is 0 Å². The van der Waals surface area contributed by atoms with Gasteiger partial charge in [0.25, 0.3) is 17.6 Å². The monoisotopic (exact) mass is 795 g/mol. The summed E-state index contributed by atoms with van der Waals surface area (Å²) in [6.07, 6.45) is -5.47. The molecule has 0 fully saturated rings. The molecule has 57 heavy (non-hydrogen) atoms. The third-order valence-electron chi connectivity index (χ3n) is 7.96. The van der Waals surface area contributed by atoms with Gasteiger partial charge in [-0.2, -0.15) is 18.4 Å². The van der Waals surface area contributed by atoms with Gasteiger partial charge in [-0.15, -0.1) is 0 Å². The number of nitriles is 1. The number of benzene rings is 3. The first kappa shape index (κ1) is 45.0. The summed E-state index contributed by atoms with van der Waals surface area (Å²) < 4.78 is 56.2. The van der Waals surface area contributed by atoms with E-state index in [0.717, 1.165) is 0 Å². The number of alkyl halides is 3. The van der Waals surface area contributed by atoms with Crippen LogP contribution in [0.15, 0.2) is 72.8 Å². The molecule has 14 nitrogen and oxygen atoms in total. The largest absolute Gasteiger partial charge is 0.497 e. The lowest BCUT2D eigenvalue weighted by Crippen LogP contribution is -2.55. The Kier molecular flexibility index (Phi) is 15.7. The van der Waals surface area contributed by atoms with Crippen molar-refractivity contribution < 1.29 is 56.1 Å². The maximum absolute atomic E-state index is 14.1. The van der Waals surface area contributed by atoms with Gasteiger partial charge in [0.15, 0.2) is 6.61 Å². The molecule has 0 aliphatic carbocycles. The van der Waals surface area contributed by atoms with Gasteiger partial charge in [0.05, 0.1) is 24.8 Å². The summed E-state index contributed by atoms with van der Waals surface area (Å²) >= 11 is 0. The van der Waals surface area contributed by atoms with Gasteiger partial charge in [0.1, 0.15) is 35.7 Å². The number of ether oxygens (including phenoxy) is 3. The fourth-order valence-corrected chi connectivity index (χ4v) is 5.22. The number of nitrogens with zero attached hydrogens (tertiary/aromatic N) is 1. The number of hydrogen-bond donors (Lipinski definition) is 4. The number of amides is 4. The Labute approximate surface area is 327 Å². The topological polar surface area (TPSA) is 202 Å². The van der Waals surface area contributed by atoms with Gasteiger partial charge in [0, 0.05) is 12.0 Å². The molecule has 0 aliphatic rings. The number of carbonyl (C=O) groups excluding carboxylic acids is 6. The summed E-state index contributed by atoms with van der Waals surface area (Å²) in [4.78, 5) is 77.9. The maximum Gasteiger partial charge on any atom is 0.452 e. The van der Waals surface area contributed by atoms with Crippen LogP contribution >= 0.6 is 0 Å². The number of halogens is 3. The van der Waals surface area contributed by atoms with Crippen LogP contribution in [0.1, 0.15) is 67.7 Å². The van der Waals surface area contributed by atoms with Gasteiger partial charge >= 0.3 is 12.1 Å². The van der Waals surface area contributed by atoms with E-state index in [1.54, 1.807) is 32.9 Å². The highest BCUT2D eigenvalue weighted by Gasteiger charge is 2.45. The van der Waals surface area contributed by atoms with E-state index in [0.29, 0.717) is 11.3 Å². The quantitative estimate of drug-likeness (QED) is 0.145. The fraction of sp³-hybridized carbons (Fsp3) is 0.375. The van der Waals surface area contributed by atoms with E-state index >= 15 is 0 Å². The van der Waals surface area contributed by atoms with Crippen molar-refractivity contribution in [3.63, 3.8) is 0 Å². The molecule has 3 rings (SSSR count). The van der Waals surface area contributed by atoms with Gasteiger partial charge < -0.3 is 35.5 Å². The Morgan fingerprint density at radius 1 is 0.825 bits per heavy atom. The number of rotatable bonds is 17. The molecule has 0 unspecified atom stereocenters. The molecule has 0 aromatic heterocycles. The lowest BCUT2D eigenvalue weighted by molar-refractivity contribution is -0.175. The average Bonchev–Trinajstić information content (AvgIpc) is 3.15. The van der Waals surface area contributed by atoms with Crippen LogP contribution in [0, 0.1) is 17.2 Å². The highest BCUT2D eigenvalue weighted by molar-refractivity contribution is 5.99. The second-order valence-corrected chi connectivity index (χ2v) is 14.0. The minimum absolute atomic E-state index is 0.0138. The standard InChI is InChI=1S/C40H44F3N5O9/c1-23(2)33(35(51)40(41,42)43)47-38(54)34(26-13-15-28(55-6)16-14-26)48-37(53)30(18-24-9-7-10-25(17-24)20-44)46-36(52)27-11-8-12-29(19-27)56-22-31(49)45-21-32(50)57-39(3,4)5/h7-17,19,23,30,33-34H,18,21-22H2,1-6H3,(H,45,49)(H,46,52)(H,47,54)(H,48,53)/t30-,33-,34-/m0/s1. The fourth-order valence-electron chi connectivity index (χ4n) is 5.22. The van der Waals surface area contributed by atoms with Crippen molar-refractivity contribution in [2.45, 2.75) is 70.9 Å². The third kappa shape index (κ3) is 14.3. The van der Waals surface area contributed by atoms with E-state index in [1.165, 1.54) is 81.6 Å². The second-order valence-electron chi connectivity index (χ2n) is 14.0. The van der Waals surface area contributed by atoms with Crippen LogP contribution in [0.5, 0.6) is 11.5 Å². The number of Topliss-reactive ketones (excluding diaryl/α,β-unsaturated/α-hetero) is 1. The van der Waals surface area contributed by atoms with Crippen molar-refractivity contribution in [1.82, 2.24) is 21.3 Å². The Bertz CT molecular complexity index is 1970. The Balaban J connectivity index is 1.89. The molecule has 3 aromatic carbocycles. The summed E-state index contributed by atoms with van der Waals surface area (Å²) in [6, 6.07) is 14.4. The molecule has 3 aromatic rings. The number of ketones is 1. The van der Waals surface area contributed by atoms with Crippen molar-refractivity contribution in [2.75, 3.05) is 20.3 Å². The van der Waals surface area contributed by atoms with E-state index < -0.39 is 84.4 Å². The molecular formula is C40H44F3N5O9. The molecule has 0 heterocycles. The smallest absolute Gasteiger partial charge is 0.452 e. The Morgan fingerprint density at radius 3 is 2.09 bits per heavy atom. The number of carbonyl (C=O) groups is 6. The van der Waals surface area contributed by atoms with Gasteiger partial charge in [-0.25, -0.2) is 0 Å². The average molecular weight is 796 g/mol. The minimum atomic E-state index is -5.26. The molecule has 0 saturated heterocycles. The Hall–Kier alpha value is -6.44. The van der Waals surface area contributed by atoms with Crippen molar-refractivity contribution >= 4 is 35.4 Å². The zero-order valence-electron chi connectivity index (χ0n) is 32.1. The molecule has 0 spiro atoms. The first-order valence-corrected chi connectivity index (χ1v) is 17.6. The zero-order valence-corrected chi connectivity index (χ0v) is 32.1. The van der Waals surface area contributed by atoms with Gasteiger partial charge in [-0.05, 0) is 80.3 Å². The first-order valence-electron chi connectivity index (χ1n) is 17.6. The number of nitrogens with one attached hydrogen (secondary N) is 4. The molecular weight excluding hydrogens is 751 g/mol. The lowest BCUT2D eigenvalue weighted by Gasteiger charge is -2.27. The van der Waals surface area contributed by atoms with Gasteiger partial charge in [0.2, 0.25) is 11.8 Å². The van der Waals surface area contributed by atoms with E-state index in [2.05, 4.69) is 21.3 Å². The van der Waals surface area contributed by atoms with Crippen molar-refractivity contribution in [3.05, 3.63) is 95.1 Å². The van der Waals surface area contributed by atoms with Crippen molar-refractivity contribution in [3.8, 4) is 17.6 Å². The molecule has 4 N–H and O–H groups in total. The maximum atomic E-state index is 14.1. The summed E-state index contributed by atoms with van der Waals surface area (Å²) in [5.41, 5.74) is 0.0399. The molecule has 4 amide bonds. The molecule has 0 aliphatic heterocycles. The Morgan fingerprint density at radius 2 is 1.49 bits per heavy atom. The first-order chi connectivity index (χ1) is 26.7. The lowest BCUT2D eigenvalue weighted by atomic mass is 9.97. The van der Waals surface area contributed by atoms with Gasteiger partial charge in [-0.3, -0.25) is 28.8 Å². The molecule has 0 bridgehead atoms. The highest BCUT2D eigenvalue weighted by Crippen LogP contribution is 2.24. The van der Waals surface area contributed by atoms with Gasteiger partial charge in [-0.1, -0.05) is 44.2 Å². The van der Waals surface area contributed by atoms with Crippen LogP contribution in [-0.4, -0.2) is 79.5 Å². The molecule has 3 atom stereocenters. The van der Waals surface area contributed by atoms with E-state index in [1.807, 2.05) is 6.07 Å². The summed E-state index contributed by atoms with van der Waals surface area (Å²) in [7, 11) is 1.39. The second kappa shape index (κ2) is 19.9. The van der Waals surface area contributed by atoms with Crippen LogP contribution < -0.4 is 30.7 Å². The van der Waals surface area contributed by atoms with E-state index in [-0.39, 0.29) is 28.9 Å². The number of esters is 1. The summed E-state index contributed by atoms with van der Waals surface area (Å²) in [6.45, 7) is 6.75. The summed E-state index contributed by atoms with van der Waals surface area (Å²) in [5.74, 6) is -6.90. The van der Waals surface area contributed by atoms with Crippen LogP contribution in [0.4, 0.5) is 13.2 Å². The third-order valence-corrected chi connectivity index (χ3v) is 7.96. The minimum Gasteiger partial charge on any atom is -0.497 e. The van der Waals surface area contributed by atoms with Crippen LogP contribution in [-0.2, 0) is 35.1 Å². The van der Waals surface area contributed by atoms with Crippen LogP contribution in [0.3, 0.4) is 0 Å². The molecule has 17 heteroatoms. The number of hydrogen-bond acceptors (Lipinski definition) is 10. The predicted octanol–water partition coefficient (Wildman–Crippen LogP) is 3.87. The van der Waals surface area contributed by atoms with Crippen molar-refractivity contribution in [1.29, 1.82) is 5.26 Å². The summed E-state index contributed by atoms with van der Waals surface area (Å²) in [5, 5.41) is 19.0. The number of methoxy groups -OCH3 is 1. The molecule has 0 saturated carbocycles. The molecule has 304 valence electrons. The SMILES string of the molecule is COc1ccc([C@H](NC(=O)[C@H](Cc2cccc(C#N)c2)NC(=O)c2cccc(OCC(=O)NCC(=O)OC(C)(C)C)c2)C(=O)N[C@H](C(=O)C(F)(F)F)C(C)C)cc1. The highest BCUT2D eigenvalue weighted by atomic mass is 19.4. The zero-order chi connectivity index (χ0) is 42.5. The molecule has 0 radical (unpaired) electrons. The predicted molar refractivity (Wildman–Crippen MR) is 199 cm³/mol. The van der Waals surface area contributed by atoms with E-state index in [4.69, 9.17) is 14.2 Å². The van der Waals surface area contributed by atoms with Crippen molar-refractivity contribution in [2.24, 2.45) is 5.92 Å². The van der Waals surface area contributed by atoms with Crippen LogP contribution in [0.25, 0.3) is 0 Å².